The zero-order valence-electron chi connectivity index (χ0n) is 4.83. The Bertz CT molecular complexity index is 91.3. The minimum atomic E-state index is -0.306. The maximum Gasteiger partial charge on any atom is 0.156 e. The van der Waals surface area contributed by atoms with E-state index >= 15 is 0 Å². The van der Waals surface area contributed by atoms with E-state index < -0.39 is 0 Å². The lowest BCUT2D eigenvalue weighted by Gasteiger charge is -2.03. The van der Waals surface area contributed by atoms with Crippen molar-refractivity contribution < 1.29 is 5.21 Å². The van der Waals surface area contributed by atoms with Gasteiger partial charge in [0.15, 0.2) is 5.84 Å². The van der Waals surface area contributed by atoms with Crippen LogP contribution >= 0.6 is 0 Å². The molecule has 0 fully saturated rings. The summed E-state index contributed by atoms with van der Waals surface area (Å²) < 4.78 is 0. The van der Waals surface area contributed by atoms with Crippen LogP contribution in [0, 0.1) is 0 Å². The molecule has 0 aromatic carbocycles. The van der Waals surface area contributed by atoms with E-state index in [1.54, 1.807) is 0 Å². The molecule has 0 aliphatic heterocycles. The molecule has 0 aromatic heterocycles. The second-order valence-electron chi connectivity index (χ2n) is 1.54. The average Bonchev–Trinajstić information content (AvgIpc) is 1.84. The van der Waals surface area contributed by atoms with Gasteiger partial charge in [-0.1, -0.05) is 12.1 Å². The van der Waals surface area contributed by atoms with E-state index in [1.165, 1.54) is 0 Å². The zero-order chi connectivity index (χ0) is 6.57. The van der Waals surface area contributed by atoms with E-state index in [-0.39, 0.29) is 11.9 Å². The van der Waals surface area contributed by atoms with Crippen LogP contribution in [0.25, 0.3) is 0 Å². The van der Waals surface area contributed by atoms with E-state index in [2.05, 4.69) is 5.16 Å². The number of amidine groups is 1. The Morgan fingerprint density at radius 3 is 2.50 bits per heavy atom. The third-order valence-corrected chi connectivity index (χ3v) is 0.935. The summed E-state index contributed by atoms with van der Waals surface area (Å²) >= 11 is 0. The molecule has 0 radical (unpaired) electrons. The van der Waals surface area contributed by atoms with E-state index in [0.717, 1.165) is 0 Å². The molecule has 0 aliphatic carbocycles. The second kappa shape index (κ2) is 3.26. The maximum atomic E-state index is 8.02. The molecule has 0 rings (SSSR count). The summed E-state index contributed by atoms with van der Waals surface area (Å²) in [4.78, 5) is 0. The summed E-state index contributed by atoms with van der Waals surface area (Å²) in [6, 6.07) is -0.306. The number of hydrogen-bond acceptors (Lipinski definition) is 3. The van der Waals surface area contributed by atoms with E-state index in [4.69, 9.17) is 16.7 Å². The van der Waals surface area contributed by atoms with Gasteiger partial charge in [0, 0.05) is 0 Å². The fourth-order valence-corrected chi connectivity index (χ4v) is 0.283. The minimum absolute atomic E-state index is 0.0903. The van der Waals surface area contributed by atoms with Crippen molar-refractivity contribution in [1.82, 2.24) is 0 Å². The average molecular weight is 117 g/mol. The van der Waals surface area contributed by atoms with Gasteiger partial charge in [-0.05, 0) is 6.42 Å². The number of nitrogens with two attached hydrogens (primary N) is 2. The van der Waals surface area contributed by atoms with Gasteiger partial charge in [-0.25, -0.2) is 0 Å². The molecule has 0 saturated carbocycles. The highest BCUT2D eigenvalue weighted by Crippen LogP contribution is 1.83. The van der Waals surface area contributed by atoms with Crippen molar-refractivity contribution in [2.24, 2.45) is 16.6 Å². The van der Waals surface area contributed by atoms with Gasteiger partial charge in [-0.15, -0.1) is 0 Å². The van der Waals surface area contributed by atoms with Crippen LogP contribution < -0.4 is 11.5 Å². The lowest BCUT2D eigenvalue weighted by molar-refractivity contribution is 0.315. The Morgan fingerprint density at radius 2 is 2.38 bits per heavy atom. The summed E-state index contributed by atoms with van der Waals surface area (Å²) in [5.74, 6) is 0.0903. The highest BCUT2D eigenvalue weighted by Gasteiger charge is 2.01. The molecule has 5 N–H and O–H groups in total. The van der Waals surface area contributed by atoms with Crippen LogP contribution in [0.2, 0.25) is 0 Å². The van der Waals surface area contributed by atoms with Crippen LogP contribution in [0.15, 0.2) is 5.16 Å². The first-order chi connectivity index (χ1) is 3.72. The summed E-state index contributed by atoms with van der Waals surface area (Å²) in [6.45, 7) is 1.86. The van der Waals surface area contributed by atoms with Crippen molar-refractivity contribution in [3.8, 4) is 0 Å². The van der Waals surface area contributed by atoms with Gasteiger partial charge in [0.25, 0.3) is 0 Å². The maximum absolute atomic E-state index is 8.02. The van der Waals surface area contributed by atoms with Crippen molar-refractivity contribution in [2.45, 2.75) is 19.4 Å². The van der Waals surface area contributed by atoms with Gasteiger partial charge in [-0.2, -0.15) is 0 Å². The highest BCUT2D eigenvalue weighted by atomic mass is 16.4. The van der Waals surface area contributed by atoms with Crippen LogP contribution in [-0.2, 0) is 0 Å². The van der Waals surface area contributed by atoms with Crippen LogP contribution in [0.5, 0.6) is 0 Å². The van der Waals surface area contributed by atoms with Crippen molar-refractivity contribution in [3.63, 3.8) is 0 Å². The lowest BCUT2D eigenvalue weighted by atomic mass is 10.2. The van der Waals surface area contributed by atoms with Crippen molar-refractivity contribution in [2.75, 3.05) is 0 Å². The standard InChI is InChI=1S/C4H11N3O/c1-2-3(5)4(6)7-8/h3,8H,2,5H2,1H3,(H2,6,7). The van der Waals surface area contributed by atoms with Crippen molar-refractivity contribution >= 4 is 5.84 Å². The lowest BCUT2D eigenvalue weighted by Crippen LogP contribution is -2.35. The summed E-state index contributed by atoms with van der Waals surface area (Å²) in [7, 11) is 0. The Balaban J connectivity index is 3.63. The van der Waals surface area contributed by atoms with Gasteiger partial charge in [0.1, 0.15) is 0 Å². The first kappa shape index (κ1) is 7.23. The molecule has 1 atom stereocenters. The molecule has 0 heterocycles. The Labute approximate surface area is 48.2 Å². The number of hydrogen-bond donors (Lipinski definition) is 3. The molecule has 0 aromatic rings. The molecule has 0 amide bonds. The monoisotopic (exact) mass is 117 g/mol. The van der Waals surface area contributed by atoms with Gasteiger partial charge < -0.3 is 16.7 Å². The molecule has 0 bridgehead atoms. The van der Waals surface area contributed by atoms with Crippen LogP contribution in [0.3, 0.4) is 0 Å². The molecule has 4 nitrogen and oxygen atoms in total. The predicted molar refractivity (Wildman–Crippen MR) is 31.7 cm³/mol. The van der Waals surface area contributed by atoms with Gasteiger partial charge in [-0.3, -0.25) is 0 Å². The molecule has 48 valence electrons. The predicted octanol–water partition coefficient (Wildman–Crippen LogP) is -0.530. The fraction of sp³-hybridized carbons (Fsp3) is 0.750. The van der Waals surface area contributed by atoms with Gasteiger partial charge >= 0.3 is 0 Å². The van der Waals surface area contributed by atoms with Crippen LogP contribution in [0.1, 0.15) is 13.3 Å². The summed E-state index contributed by atoms with van der Waals surface area (Å²) in [5, 5.41) is 10.7. The Hall–Kier alpha value is -0.770. The number of oxime groups is 1. The smallest absolute Gasteiger partial charge is 0.156 e. The van der Waals surface area contributed by atoms with Gasteiger partial charge in [0.2, 0.25) is 0 Å². The molecule has 0 spiro atoms. The molecule has 1 unspecified atom stereocenters. The number of nitrogens with zero attached hydrogens (tertiary/aromatic N) is 1. The quantitative estimate of drug-likeness (QED) is 0.197. The fourth-order valence-electron chi connectivity index (χ4n) is 0.283. The zero-order valence-corrected chi connectivity index (χ0v) is 4.83. The third-order valence-electron chi connectivity index (χ3n) is 0.935. The van der Waals surface area contributed by atoms with Crippen molar-refractivity contribution in [3.05, 3.63) is 0 Å². The SMILES string of the molecule is CCC(N)C(N)=NO. The van der Waals surface area contributed by atoms with Crippen LogP contribution in [-0.4, -0.2) is 17.1 Å². The van der Waals surface area contributed by atoms with E-state index in [1.807, 2.05) is 6.92 Å². The molecule has 0 saturated heterocycles. The number of rotatable bonds is 2. The molecular weight excluding hydrogens is 106 g/mol. The Kier molecular flexibility index (Phi) is 2.95. The summed E-state index contributed by atoms with van der Waals surface area (Å²) in [6.07, 6.45) is 0.690. The normalized spacial score (nSPS) is 16.0. The third kappa shape index (κ3) is 1.79. The first-order valence-electron chi connectivity index (χ1n) is 2.45. The minimum Gasteiger partial charge on any atom is -0.409 e. The topological polar surface area (TPSA) is 84.6 Å². The second-order valence-corrected chi connectivity index (χ2v) is 1.54. The molecule has 4 heteroatoms. The molecule has 8 heavy (non-hydrogen) atoms. The largest absolute Gasteiger partial charge is 0.409 e. The Morgan fingerprint density at radius 1 is 1.88 bits per heavy atom. The first-order valence-corrected chi connectivity index (χ1v) is 2.45. The van der Waals surface area contributed by atoms with Crippen molar-refractivity contribution in [1.29, 1.82) is 0 Å². The molecule has 0 aliphatic rings. The van der Waals surface area contributed by atoms with E-state index in [9.17, 15) is 0 Å². The molecular formula is C4H11N3O. The highest BCUT2D eigenvalue weighted by molar-refractivity contribution is 5.84. The van der Waals surface area contributed by atoms with Crippen LogP contribution in [0.4, 0.5) is 0 Å². The summed E-state index contributed by atoms with van der Waals surface area (Å²) in [5.41, 5.74) is 10.4. The van der Waals surface area contributed by atoms with E-state index in [0.29, 0.717) is 6.42 Å². The van der Waals surface area contributed by atoms with Gasteiger partial charge in [0.05, 0.1) is 6.04 Å².